The summed E-state index contributed by atoms with van der Waals surface area (Å²) in [5, 5.41) is 41.6. The first-order valence-corrected chi connectivity index (χ1v) is 7.40. The fourth-order valence-electron chi connectivity index (χ4n) is 2.42. The average Bonchev–Trinajstić information content (AvgIpc) is 2.55. The van der Waals surface area contributed by atoms with Crippen LogP contribution in [0.4, 0.5) is 0 Å². The highest BCUT2D eigenvalue weighted by Gasteiger charge is 2.36. The van der Waals surface area contributed by atoms with Crippen LogP contribution in [0.5, 0.6) is 5.75 Å². The highest BCUT2D eigenvalue weighted by Crippen LogP contribution is 2.20. The third-order valence-electron chi connectivity index (χ3n) is 3.71. The van der Waals surface area contributed by atoms with Crippen molar-refractivity contribution >= 4 is 0 Å². The first-order chi connectivity index (χ1) is 10.6. The smallest absolute Gasteiger partial charge is 0.119 e. The first kappa shape index (κ1) is 16.9. The molecule has 6 nitrogen and oxygen atoms in total. The van der Waals surface area contributed by atoms with Gasteiger partial charge in [0.1, 0.15) is 24.1 Å². The third-order valence-corrected chi connectivity index (χ3v) is 3.71. The predicted molar refractivity (Wildman–Crippen MR) is 81.5 cm³/mol. The predicted octanol–water partition coefficient (Wildman–Crippen LogP) is -0.571. The molecule has 1 aliphatic carbocycles. The molecule has 1 unspecified atom stereocenters. The quantitative estimate of drug-likeness (QED) is 0.341. The number of hydrogen-bond acceptors (Lipinski definition) is 6. The van der Waals surface area contributed by atoms with Crippen LogP contribution < -0.4 is 10.1 Å². The highest BCUT2D eigenvalue weighted by molar-refractivity contribution is 5.22. The van der Waals surface area contributed by atoms with Gasteiger partial charge in [0.2, 0.25) is 0 Å². The van der Waals surface area contributed by atoms with Crippen LogP contribution in [0.15, 0.2) is 42.0 Å². The average molecular weight is 309 g/mol. The highest BCUT2D eigenvalue weighted by atomic mass is 16.5. The molecule has 0 aromatic heterocycles. The molecule has 122 valence electrons. The zero-order valence-corrected chi connectivity index (χ0v) is 12.3. The number of nitrogens with one attached hydrogen (secondary N) is 1. The summed E-state index contributed by atoms with van der Waals surface area (Å²) in [5.41, 5.74) is 0.316. The Hall–Kier alpha value is -1.44. The molecular formula is C16H23NO5. The number of ether oxygens (including phenoxy) is 1. The third kappa shape index (κ3) is 4.28. The zero-order chi connectivity index (χ0) is 15.9. The minimum absolute atomic E-state index is 0.316. The van der Waals surface area contributed by atoms with E-state index in [-0.39, 0.29) is 6.61 Å². The topological polar surface area (TPSA) is 102 Å². The lowest BCUT2D eigenvalue weighted by molar-refractivity contribution is -0.0641. The van der Waals surface area contributed by atoms with Gasteiger partial charge in [-0.1, -0.05) is 24.3 Å². The Bertz CT molecular complexity index is 479. The van der Waals surface area contributed by atoms with Crippen molar-refractivity contribution in [2.24, 2.45) is 0 Å². The van der Waals surface area contributed by atoms with E-state index in [4.69, 9.17) is 9.84 Å². The second-order valence-corrected chi connectivity index (χ2v) is 5.32. The Labute approximate surface area is 129 Å². The van der Waals surface area contributed by atoms with Crippen molar-refractivity contribution in [1.29, 1.82) is 0 Å². The molecule has 0 amide bonds. The minimum atomic E-state index is -1.30. The molecule has 0 saturated heterocycles. The molecule has 2 rings (SSSR count). The fraction of sp³-hybridized carbons (Fsp3) is 0.500. The van der Waals surface area contributed by atoms with Gasteiger partial charge in [-0.15, -0.1) is 0 Å². The van der Waals surface area contributed by atoms with Crippen LogP contribution in [0.3, 0.4) is 0 Å². The van der Waals surface area contributed by atoms with Crippen molar-refractivity contribution in [3.8, 4) is 5.75 Å². The number of hydrogen-bond donors (Lipinski definition) is 5. The molecule has 1 aliphatic rings. The van der Waals surface area contributed by atoms with Crippen molar-refractivity contribution in [3.05, 3.63) is 42.0 Å². The van der Waals surface area contributed by atoms with Crippen LogP contribution in [-0.2, 0) is 0 Å². The summed E-state index contributed by atoms with van der Waals surface area (Å²) in [5.74, 6) is 0.807. The Morgan fingerprint density at radius 2 is 1.77 bits per heavy atom. The van der Waals surface area contributed by atoms with Crippen LogP contribution in [0.25, 0.3) is 0 Å². The Balaban J connectivity index is 1.75. The van der Waals surface area contributed by atoms with E-state index in [1.165, 1.54) is 0 Å². The van der Waals surface area contributed by atoms with Gasteiger partial charge in [0.15, 0.2) is 0 Å². The van der Waals surface area contributed by atoms with Gasteiger partial charge in [-0.3, -0.25) is 0 Å². The maximum atomic E-state index is 9.93. The van der Waals surface area contributed by atoms with E-state index in [9.17, 15) is 15.3 Å². The van der Waals surface area contributed by atoms with E-state index in [1.54, 1.807) is 6.08 Å². The molecule has 0 spiro atoms. The van der Waals surface area contributed by atoms with E-state index in [2.05, 4.69) is 5.32 Å². The van der Waals surface area contributed by atoms with Gasteiger partial charge in [-0.05, 0) is 30.7 Å². The van der Waals surface area contributed by atoms with Crippen molar-refractivity contribution in [1.82, 2.24) is 5.32 Å². The van der Waals surface area contributed by atoms with Gasteiger partial charge in [-0.25, -0.2) is 0 Å². The van der Waals surface area contributed by atoms with E-state index in [1.807, 2.05) is 30.3 Å². The Morgan fingerprint density at radius 1 is 1.05 bits per heavy atom. The number of aliphatic hydroxyl groups excluding tert-OH is 4. The van der Waals surface area contributed by atoms with E-state index < -0.39 is 24.4 Å². The molecule has 1 aromatic rings. The monoisotopic (exact) mass is 309 g/mol. The van der Waals surface area contributed by atoms with Crippen molar-refractivity contribution in [3.63, 3.8) is 0 Å². The minimum Gasteiger partial charge on any atom is -0.494 e. The molecule has 0 radical (unpaired) electrons. The zero-order valence-electron chi connectivity index (χ0n) is 12.3. The van der Waals surface area contributed by atoms with Gasteiger partial charge in [0.05, 0.1) is 19.3 Å². The van der Waals surface area contributed by atoms with Crippen molar-refractivity contribution in [2.75, 3.05) is 19.8 Å². The second kappa shape index (κ2) is 8.26. The van der Waals surface area contributed by atoms with Gasteiger partial charge >= 0.3 is 0 Å². The van der Waals surface area contributed by atoms with Crippen LogP contribution >= 0.6 is 0 Å². The molecule has 0 bridgehead atoms. The normalized spacial score (nSPS) is 28.3. The number of benzene rings is 1. The maximum absolute atomic E-state index is 9.93. The summed E-state index contributed by atoms with van der Waals surface area (Å²) in [6.07, 6.45) is -1.34. The van der Waals surface area contributed by atoms with Gasteiger partial charge < -0.3 is 30.5 Å². The van der Waals surface area contributed by atoms with Gasteiger partial charge in [0.25, 0.3) is 0 Å². The Morgan fingerprint density at radius 3 is 2.45 bits per heavy atom. The van der Waals surface area contributed by atoms with E-state index >= 15 is 0 Å². The van der Waals surface area contributed by atoms with E-state index in [0.717, 1.165) is 12.2 Å². The van der Waals surface area contributed by atoms with Crippen LogP contribution in [0.1, 0.15) is 6.42 Å². The van der Waals surface area contributed by atoms with Crippen molar-refractivity contribution < 1.29 is 25.2 Å². The summed E-state index contributed by atoms with van der Waals surface area (Å²) in [6, 6.07) is 8.99. The molecule has 22 heavy (non-hydrogen) atoms. The molecule has 4 atom stereocenters. The van der Waals surface area contributed by atoms with Crippen LogP contribution in [0.2, 0.25) is 0 Å². The lowest BCUT2D eigenvalue weighted by Crippen LogP contribution is -2.54. The Kier molecular flexibility index (Phi) is 6.35. The van der Waals surface area contributed by atoms with E-state index in [0.29, 0.717) is 18.7 Å². The molecule has 1 aromatic carbocycles. The number of para-hydroxylation sites is 1. The standard InChI is InChI=1S/C16H23NO5/c18-10-11-9-13(15(20)16(21)14(11)19)17-7-4-8-22-12-5-2-1-3-6-12/h1-3,5-6,9,13-21H,4,7-8,10H2/t13-,14+,15-,16?/m0/s1. The van der Waals surface area contributed by atoms with Crippen LogP contribution in [0, 0.1) is 0 Å². The molecule has 0 fully saturated rings. The lowest BCUT2D eigenvalue weighted by Gasteiger charge is -2.34. The summed E-state index contributed by atoms with van der Waals surface area (Å²) in [6.45, 7) is 0.758. The van der Waals surface area contributed by atoms with Gasteiger partial charge in [-0.2, -0.15) is 0 Å². The maximum Gasteiger partial charge on any atom is 0.119 e. The summed E-state index contributed by atoms with van der Waals surface area (Å²) >= 11 is 0. The van der Waals surface area contributed by atoms with Gasteiger partial charge in [0, 0.05) is 0 Å². The molecule has 0 saturated carbocycles. The number of aliphatic hydroxyl groups is 4. The van der Waals surface area contributed by atoms with Crippen molar-refractivity contribution in [2.45, 2.75) is 30.8 Å². The first-order valence-electron chi connectivity index (χ1n) is 7.40. The molecule has 0 heterocycles. The SMILES string of the molecule is OCC1=C[C@H](NCCCOc2ccccc2)[C@H](O)C(O)[C@@H]1O. The summed E-state index contributed by atoms with van der Waals surface area (Å²) < 4.78 is 5.56. The second-order valence-electron chi connectivity index (χ2n) is 5.32. The largest absolute Gasteiger partial charge is 0.494 e. The molecular weight excluding hydrogens is 286 g/mol. The molecule has 5 N–H and O–H groups in total. The molecule has 6 heteroatoms. The lowest BCUT2D eigenvalue weighted by atomic mass is 9.88. The fourth-order valence-corrected chi connectivity index (χ4v) is 2.42. The summed E-state index contributed by atoms with van der Waals surface area (Å²) in [7, 11) is 0. The number of rotatable bonds is 7. The molecule has 0 aliphatic heterocycles. The van der Waals surface area contributed by atoms with Crippen LogP contribution in [-0.4, -0.2) is 64.5 Å². The summed E-state index contributed by atoms with van der Waals surface area (Å²) in [4.78, 5) is 0.